The van der Waals surface area contributed by atoms with Gasteiger partial charge in [-0.05, 0) is 31.5 Å². The average Bonchev–Trinajstić information content (AvgIpc) is 2.61. The first-order chi connectivity index (χ1) is 12.7. The molecule has 0 aliphatic rings. The number of nitriles is 1. The highest BCUT2D eigenvalue weighted by atomic mass is 16.5. The number of nitrogens with one attached hydrogen (secondary N) is 1. The maximum absolute atomic E-state index is 13.0. The minimum atomic E-state index is -0.419. The van der Waals surface area contributed by atoms with Crippen molar-refractivity contribution in [1.82, 2.24) is 5.32 Å². The van der Waals surface area contributed by atoms with Gasteiger partial charge in [-0.15, -0.1) is 0 Å². The fourth-order valence-electron chi connectivity index (χ4n) is 2.95. The molecular weight excluding hydrogens is 336 g/mol. The summed E-state index contributed by atoms with van der Waals surface area (Å²) >= 11 is 0. The summed E-state index contributed by atoms with van der Waals surface area (Å²) in [5, 5.41) is 12.8. The Bertz CT molecular complexity index is 928. The Kier molecular flexibility index (Phi) is 6.07. The first-order valence-electron chi connectivity index (χ1n) is 8.86. The average molecular weight is 362 g/mol. The third-order valence-corrected chi connectivity index (χ3v) is 4.41. The van der Waals surface area contributed by atoms with Crippen LogP contribution in [0.3, 0.4) is 0 Å². The van der Waals surface area contributed by atoms with E-state index in [2.05, 4.69) is 11.4 Å². The molecule has 0 atom stereocenters. The van der Waals surface area contributed by atoms with E-state index in [1.54, 1.807) is 19.2 Å². The van der Waals surface area contributed by atoms with E-state index >= 15 is 0 Å². The molecule has 0 bridgehead atoms. The van der Waals surface area contributed by atoms with Gasteiger partial charge in [0.15, 0.2) is 0 Å². The van der Waals surface area contributed by atoms with E-state index < -0.39 is 5.41 Å². The molecule has 4 heteroatoms. The van der Waals surface area contributed by atoms with Crippen molar-refractivity contribution in [3.63, 3.8) is 0 Å². The molecule has 0 aliphatic carbocycles. The second-order valence-corrected chi connectivity index (χ2v) is 7.57. The second kappa shape index (κ2) is 8.09. The Balaban J connectivity index is 2.55. The highest BCUT2D eigenvalue weighted by Gasteiger charge is 2.25. The van der Waals surface area contributed by atoms with Gasteiger partial charge in [-0.1, -0.05) is 56.7 Å². The van der Waals surface area contributed by atoms with E-state index in [9.17, 15) is 10.1 Å². The van der Waals surface area contributed by atoms with E-state index in [4.69, 9.17) is 4.74 Å². The molecule has 0 aromatic heterocycles. The number of benzene rings is 2. The largest absolute Gasteiger partial charge is 0.496 e. The van der Waals surface area contributed by atoms with Crippen molar-refractivity contribution in [2.24, 2.45) is 5.41 Å². The number of hydrogen-bond acceptors (Lipinski definition) is 3. The number of carbonyl (C=O) groups is 1. The molecule has 2 aromatic carbocycles. The molecule has 140 valence electrons. The molecule has 4 nitrogen and oxygen atoms in total. The van der Waals surface area contributed by atoms with Crippen LogP contribution in [0.2, 0.25) is 0 Å². The number of methoxy groups -OCH3 is 1. The smallest absolute Gasteiger partial charge is 0.255 e. The number of rotatable bonds is 4. The van der Waals surface area contributed by atoms with Crippen LogP contribution in [-0.2, 0) is 0 Å². The fraction of sp³-hybridized carbons (Fsp3) is 0.304. The highest BCUT2D eigenvalue weighted by Crippen LogP contribution is 2.31. The fourth-order valence-corrected chi connectivity index (χ4v) is 2.95. The van der Waals surface area contributed by atoms with Crippen molar-refractivity contribution in [1.29, 1.82) is 5.26 Å². The van der Waals surface area contributed by atoms with Crippen molar-refractivity contribution in [3.05, 3.63) is 70.4 Å². The zero-order chi connectivity index (χ0) is 20.2. The predicted octanol–water partition coefficient (Wildman–Crippen LogP) is 5.02. The van der Waals surface area contributed by atoms with Gasteiger partial charge < -0.3 is 10.1 Å². The van der Waals surface area contributed by atoms with Crippen LogP contribution in [0.1, 0.15) is 47.8 Å². The molecule has 0 heterocycles. The van der Waals surface area contributed by atoms with Gasteiger partial charge in [-0.3, -0.25) is 4.79 Å². The lowest BCUT2D eigenvalue weighted by Crippen LogP contribution is -2.31. The van der Waals surface area contributed by atoms with Crippen molar-refractivity contribution in [3.8, 4) is 11.8 Å². The topological polar surface area (TPSA) is 62.1 Å². The lowest BCUT2D eigenvalue weighted by Gasteiger charge is -2.26. The van der Waals surface area contributed by atoms with Gasteiger partial charge in [0.2, 0.25) is 0 Å². The number of carbonyl (C=O) groups excluding carboxylic acids is 1. The molecule has 0 spiro atoms. The second-order valence-electron chi connectivity index (χ2n) is 7.57. The van der Waals surface area contributed by atoms with Crippen LogP contribution in [0.25, 0.3) is 5.57 Å². The first kappa shape index (κ1) is 20.3. The molecular formula is C23H26N2O2. The van der Waals surface area contributed by atoms with Crippen LogP contribution in [0.15, 0.2) is 48.2 Å². The highest BCUT2D eigenvalue weighted by molar-refractivity contribution is 5.99. The molecule has 0 fully saturated rings. The molecule has 27 heavy (non-hydrogen) atoms. The summed E-state index contributed by atoms with van der Waals surface area (Å²) in [5.74, 6) is 0.403. The van der Waals surface area contributed by atoms with E-state index in [0.29, 0.717) is 22.6 Å². The zero-order valence-corrected chi connectivity index (χ0v) is 16.8. The summed E-state index contributed by atoms with van der Waals surface area (Å²) in [4.78, 5) is 13.0. The van der Waals surface area contributed by atoms with Gasteiger partial charge in [0.25, 0.3) is 5.91 Å². The summed E-state index contributed by atoms with van der Waals surface area (Å²) < 4.78 is 5.31. The number of amides is 1. The molecule has 1 amide bonds. The van der Waals surface area contributed by atoms with Crippen molar-refractivity contribution in [2.75, 3.05) is 7.11 Å². The quantitative estimate of drug-likeness (QED) is 0.777. The molecule has 0 saturated carbocycles. The summed E-state index contributed by atoms with van der Waals surface area (Å²) in [5.41, 5.74) is 3.80. The predicted molar refractivity (Wildman–Crippen MR) is 108 cm³/mol. The molecule has 0 unspecified atom stereocenters. The maximum atomic E-state index is 13.0. The third-order valence-electron chi connectivity index (χ3n) is 4.41. The van der Waals surface area contributed by atoms with Gasteiger partial charge in [-0.2, -0.15) is 5.26 Å². The van der Waals surface area contributed by atoms with Crippen LogP contribution in [-0.4, -0.2) is 13.0 Å². The summed E-state index contributed by atoms with van der Waals surface area (Å²) in [7, 11) is 1.58. The Morgan fingerprint density at radius 3 is 2.33 bits per heavy atom. The van der Waals surface area contributed by atoms with Crippen molar-refractivity contribution >= 4 is 11.5 Å². The van der Waals surface area contributed by atoms with Crippen LogP contribution >= 0.6 is 0 Å². The normalized spacial score (nSPS) is 12.0. The van der Waals surface area contributed by atoms with Gasteiger partial charge in [-0.25, -0.2) is 0 Å². The molecule has 1 N–H and O–H groups in total. The standard InChI is InChI=1S/C23H26N2O2/c1-15-9-7-10-17(13-15)19(14-24)21(23(3,4)5)25-22(26)18-11-8-12-20(27-6)16(18)2/h7-13H,1-6H3,(H,25,26). The van der Waals surface area contributed by atoms with Crippen LogP contribution in [0, 0.1) is 30.6 Å². The Hall–Kier alpha value is -3.06. The number of allylic oxidation sites excluding steroid dienone is 2. The Morgan fingerprint density at radius 1 is 1.11 bits per heavy atom. The van der Waals surface area contributed by atoms with Crippen molar-refractivity contribution < 1.29 is 9.53 Å². The Morgan fingerprint density at radius 2 is 1.78 bits per heavy atom. The summed E-state index contributed by atoms with van der Waals surface area (Å²) in [6, 6.07) is 15.4. The van der Waals surface area contributed by atoms with Crippen LogP contribution < -0.4 is 10.1 Å². The summed E-state index contributed by atoms with van der Waals surface area (Å²) in [6.07, 6.45) is 0. The van der Waals surface area contributed by atoms with Crippen LogP contribution in [0.5, 0.6) is 5.75 Å². The minimum Gasteiger partial charge on any atom is -0.496 e. The number of aryl methyl sites for hydroxylation is 1. The molecule has 0 radical (unpaired) electrons. The van der Waals surface area contributed by atoms with E-state index in [0.717, 1.165) is 16.7 Å². The minimum absolute atomic E-state index is 0.253. The number of nitrogens with zero attached hydrogens (tertiary/aromatic N) is 1. The lowest BCUT2D eigenvalue weighted by molar-refractivity contribution is 0.0957. The Labute approximate surface area is 161 Å². The van der Waals surface area contributed by atoms with Gasteiger partial charge >= 0.3 is 0 Å². The lowest BCUT2D eigenvalue weighted by atomic mass is 9.86. The summed E-state index contributed by atoms with van der Waals surface area (Å²) in [6.45, 7) is 9.77. The van der Waals surface area contributed by atoms with Crippen LogP contribution in [0.4, 0.5) is 0 Å². The monoisotopic (exact) mass is 362 g/mol. The van der Waals surface area contributed by atoms with Gasteiger partial charge in [0, 0.05) is 22.2 Å². The zero-order valence-electron chi connectivity index (χ0n) is 16.8. The molecule has 0 saturated heterocycles. The number of ether oxygens (including phenoxy) is 1. The number of hydrogen-bond donors (Lipinski definition) is 1. The van der Waals surface area contributed by atoms with Gasteiger partial charge in [0.05, 0.1) is 12.7 Å². The van der Waals surface area contributed by atoms with E-state index in [-0.39, 0.29) is 5.91 Å². The van der Waals surface area contributed by atoms with Gasteiger partial charge in [0.1, 0.15) is 11.8 Å². The SMILES string of the molecule is COc1cccc(C(=O)NC(=C(C#N)c2cccc(C)c2)C(C)(C)C)c1C. The first-order valence-corrected chi connectivity index (χ1v) is 8.86. The molecule has 2 rings (SSSR count). The van der Waals surface area contributed by atoms with E-state index in [1.165, 1.54) is 0 Å². The maximum Gasteiger partial charge on any atom is 0.255 e. The third kappa shape index (κ3) is 4.57. The van der Waals surface area contributed by atoms with Crippen molar-refractivity contribution in [2.45, 2.75) is 34.6 Å². The molecule has 2 aromatic rings. The molecule has 0 aliphatic heterocycles. The van der Waals surface area contributed by atoms with E-state index in [1.807, 2.05) is 65.0 Å².